The smallest absolute Gasteiger partial charge is 0.312 e. The van der Waals surface area contributed by atoms with Gasteiger partial charge in [0.05, 0.1) is 31.7 Å². The summed E-state index contributed by atoms with van der Waals surface area (Å²) < 4.78 is 24.2. The number of benzene rings is 3. The van der Waals surface area contributed by atoms with Crippen LogP contribution in [0.5, 0.6) is 23.0 Å². The van der Waals surface area contributed by atoms with E-state index in [9.17, 15) is 14.4 Å². The first-order chi connectivity index (χ1) is 19.8. The second kappa shape index (κ2) is 10.3. The maximum absolute atomic E-state index is 14.1. The highest BCUT2D eigenvalue weighted by Crippen LogP contribution is 2.48. The monoisotopic (exact) mass is 551 g/mol. The molecule has 208 valence electrons. The Morgan fingerprint density at radius 1 is 0.927 bits per heavy atom. The number of hydrogen-bond donors (Lipinski definition) is 0. The van der Waals surface area contributed by atoms with Gasteiger partial charge in [0.25, 0.3) is 5.56 Å². The molecule has 8 heteroatoms. The Hall–Kier alpha value is -4.85. The van der Waals surface area contributed by atoms with Crippen molar-refractivity contribution in [3.63, 3.8) is 0 Å². The van der Waals surface area contributed by atoms with E-state index in [0.717, 1.165) is 16.5 Å². The van der Waals surface area contributed by atoms with Crippen molar-refractivity contribution in [3.05, 3.63) is 99.0 Å². The number of pyridine rings is 1. The number of ether oxygens (including phenoxy) is 4. The van der Waals surface area contributed by atoms with Gasteiger partial charge in [-0.25, -0.2) is 0 Å². The maximum Gasteiger partial charge on any atom is 0.312 e. The highest BCUT2D eigenvalue weighted by Gasteiger charge is 2.39. The molecule has 0 spiro atoms. The molecular formula is C33H29NO7. The fourth-order valence-electron chi connectivity index (χ4n) is 5.53. The average molecular weight is 552 g/mol. The highest BCUT2D eigenvalue weighted by atomic mass is 16.5. The van der Waals surface area contributed by atoms with Gasteiger partial charge in [0.2, 0.25) is 5.78 Å². The van der Waals surface area contributed by atoms with Gasteiger partial charge in [0.15, 0.2) is 5.76 Å². The molecule has 0 bridgehead atoms. The number of rotatable bonds is 6. The lowest BCUT2D eigenvalue weighted by atomic mass is 9.84. The molecule has 2 aliphatic heterocycles. The fraction of sp³-hybridized carbons (Fsp3) is 0.242. The Labute approximate surface area is 236 Å². The van der Waals surface area contributed by atoms with Crippen molar-refractivity contribution < 1.29 is 28.5 Å². The number of carbonyl (C=O) groups is 2. The molecule has 3 aromatic carbocycles. The van der Waals surface area contributed by atoms with Gasteiger partial charge >= 0.3 is 5.97 Å². The van der Waals surface area contributed by atoms with Gasteiger partial charge in [-0.2, -0.15) is 0 Å². The largest absolute Gasteiger partial charge is 0.497 e. The Kier molecular flexibility index (Phi) is 6.61. The SMILES string of the molecule is COc1ccc(/C=C2/Oc3c(ccc4c3[C@@H](c3cc5cc(OC)ccc5n(CC(C)C)c3=O)CC(=O)O4)C2=O)cc1. The number of methoxy groups -OCH3 is 2. The van der Waals surface area contributed by atoms with Gasteiger partial charge in [-0.3, -0.25) is 14.4 Å². The molecular weight excluding hydrogens is 522 g/mol. The number of nitrogens with zero attached hydrogens (tertiary/aromatic N) is 1. The van der Waals surface area contributed by atoms with Crippen molar-refractivity contribution in [1.29, 1.82) is 0 Å². The number of aromatic nitrogens is 1. The summed E-state index contributed by atoms with van der Waals surface area (Å²) in [5.74, 6) is 0.886. The van der Waals surface area contributed by atoms with Gasteiger partial charge in [0, 0.05) is 29.0 Å². The Bertz CT molecular complexity index is 1800. The van der Waals surface area contributed by atoms with Crippen LogP contribution in [0.2, 0.25) is 0 Å². The van der Waals surface area contributed by atoms with Crippen LogP contribution in [0.1, 0.15) is 53.2 Å². The van der Waals surface area contributed by atoms with E-state index in [4.69, 9.17) is 18.9 Å². The molecule has 3 heterocycles. The van der Waals surface area contributed by atoms with Crippen LogP contribution < -0.4 is 24.5 Å². The number of carbonyl (C=O) groups excluding carboxylic acids is 2. The summed E-state index contributed by atoms with van der Waals surface area (Å²) in [6, 6.07) is 17.8. The third kappa shape index (κ3) is 4.65. The molecule has 0 unspecified atom stereocenters. The van der Waals surface area contributed by atoms with E-state index in [1.54, 1.807) is 49.1 Å². The highest BCUT2D eigenvalue weighted by molar-refractivity contribution is 6.15. The first-order valence-corrected chi connectivity index (χ1v) is 13.4. The summed E-state index contributed by atoms with van der Waals surface area (Å²) in [6.45, 7) is 4.59. The van der Waals surface area contributed by atoms with Gasteiger partial charge in [-0.05, 0) is 66.1 Å². The van der Waals surface area contributed by atoms with E-state index in [2.05, 4.69) is 0 Å². The van der Waals surface area contributed by atoms with E-state index in [1.807, 2.05) is 50.2 Å². The zero-order valence-corrected chi connectivity index (χ0v) is 23.2. The molecule has 0 saturated carbocycles. The zero-order valence-electron chi connectivity index (χ0n) is 23.2. The molecule has 1 aromatic heterocycles. The van der Waals surface area contributed by atoms with E-state index in [0.29, 0.717) is 40.5 Å². The normalized spacial score (nSPS) is 16.9. The Morgan fingerprint density at radius 2 is 1.66 bits per heavy atom. The van der Waals surface area contributed by atoms with E-state index in [1.165, 1.54) is 0 Å². The molecule has 2 aliphatic rings. The molecule has 8 nitrogen and oxygen atoms in total. The number of esters is 1. The standard InChI is InChI=1S/C33H29NO7/c1-18(2)17-34-26-11-9-22(39-4)14-20(26)15-25(33(34)37)24-16-29(35)40-27-12-10-23-31(36)28(41-32(23)30(24)27)13-19-5-7-21(38-3)8-6-19/h5-15,18,24H,16-17H2,1-4H3/b28-13+/t24-/m1/s1. The Morgan fingerprint density at radius 3 is 2.37 bits per heavy atom. The van der Waals surface area contributed by atoms with Crippen LogP contribution in [0.25, 0.3) is 17.0 Å². The quantitative estimate of drug-likeness (QED) is 0.172. The molecule has 41 heavy (non-hydrogen) atoms. The van der Waals surface area contributed by atoms with E-state index < -0.39 is 11.9 Å². The van der Waals surface area contributed by atoms with Crippen molar-refractivity contribution in [3.8, 4) is 23.0 Å². The lowest BCUT2D eigenvalue weighted by molar-refractivity contribution is -0.135. The summed E-state index contributed by atoms with van der Waals surface area (Å²) in [7, 11) is 3.18. The molecule has 0 radical (unpaired) electrons. The van der Waals surface area contributed by atoms with Crippen molar-refractivity contribution in [2.75, 3.05) is 14.2 Å². The third-order valence-electron chi connectivity index (χ3n) is 7.44. The maximum atomic E-state index is 14.1. The number of hydrogen-bond acceptors (Lipinski definition) is 7. The van der Waals surface area contributed by atoms with Crippen LogP contribution in [0.15, 0.2) is 71.2 Å². The minimum absolute atomic E-state index is 0.0646. The van der Waals surface area contributed by atoms with Gasteiger partial charge < -0.3 is 23.5 Å². The van der Waals surface area contributed by atoms with Gasteiger partial charge in [0.1, 0.15) is 23.0 Å². The van der Waals surface area contributed by atoms with E-state index in [-0.39, 0.29) is 35.2 Å². The lowest BCUT2D eigenvalue weighted by Crippen LogP contribution is -2.31. The second-order valence-electron chi connectivity index (χ2n) is 10.6. The predicted molar refractivity (Wildman–Crippen MR) is 154 cm³/mol. The van der Waals surface area contributed by atoms with Crippen LogP contribution in [-0.4, -0.2) is 30.5 Å². The Balaban J connectivity index is 1.51. The van der Waals surface area contributed by atoms with Crippen LogP contribution in [0.4, 0.5) is 0 Å². The third-order valence-corrected chi connectivity index (χ3v) is 7.44. The van der Waals surface area contributed by atoms with Crippen molar-refractivity contribution in [2.45, 2.75) is 32.7 Å². The molecule has 4 aromatic rings. The van der Waals surface area contributed by atoms with Gasteiger partial charge in [-0.15, -0.1) is 0 Å². The van der Waals surface area contributed by atoms with Gasteiger partial charge in [-0.1, -0.05) is 26.0 Å². The second-order valence-corrected chi connectivity index (χ2v) is 10.6. The van der Waals surface area contributed by atoms with Crippen molar-refractivity contribution in [1.82, 2.24) is 4.57 Å². The van der Waals surface area contributed by atoms with Crippen LogP contribution in [0, 0.1) is 5.92 Å². The molecule has 0 N–H and O–H groups in total. The number of Topliss-reactive ketones (excluding diaryl/α,β-unsaturated/α-hetero) is 1. The van der Waals surface area contributed by atoms with Crippen molar-refractivity contribution in [2.24, 2.45) is 5.92 Å². The molecule has 1 atom stereocenters. The topological polar surface area (TPSA) is 93.1 Å². The molecule has 0 aliphatic carbocycles. The number of fused-ring (bicyclic) bond motifs is 4. The molecule has 0 saturated heterocycles. The number of allylic oxidation sites excluding steroid dienone is 1. The lowest BCUT2D eigenvalue weighted by Gasteiger charge is -2.27. The summed E-state index contributed by atoms with van der Waals surface area (Å²) in [6.07, 6.45) is 1.60. The predicted octanol–water partition coefficient (Wildman–Crippen LogP) is 5.73. The summed E-state index contributed by atoms with van der Waals surface area (Å²) in [4.78, 5) is 40.3. The fourth-order valence-corrected chi connectivity index (χ4v) is 5.53. The average Bonchev–Trinajstić information content (AvgIpc) is 3.28. The first kappa shape index (κ1) is 26.4. The summed E-state index contributed by atoms with van der Waals surface area (Å²) >= 11 is 0. The molecule has 0 fully saturated rings. The zero-order chi connectivity index (χ0) is 28.8. The summed E-state index contributed by atoms with van der Waals surface area (Å²) in [5, 5.41) is 0.810. The van der Waals surface area contributed by atoms with E-state index >= 15 is 0 Å². The minimum Gasteiger partial charge on any atom is -0.497 e. The minimum atomic E-state index is -0.671. The molecule has 6 rings (SSSR count). The van der Waals surface area contributed by atoms with Crippen molar-refractivity contribution >= 4 is 28.7 Å². The summed E-state index contributed by atoms with van der Waals surface area (Å²) in [5.41, 5.74) is 2.65. The number of ketones is 1. The van der Waals surface area contributed by atoms with Crippen LogP contribution in [0.3, 0.4) is 0 Å². The molecule has 0 amide bonds. The van der Waals surface area contributed by atoms with Crippen LogP contribution in [-0.2, 0) is 11.3 Å². The first-order valence-electron chi connectivity index (χ1n) is 13.4. The van der Waals surface area contributed by atoms with Crippen LogP contribution >= 0.6 is 0 Å².